The molecule has 1 aliphatic rings. The van der Waals surface area contributed by atoms with Crippen molar-refractivity contribution in [3.8, 4) is 0 Å². The minimum atomic E-state index is -3.37. The van der Waals surface area contributed by atoms with Gasteiger partial charge >= 0.3 is 0 Å². The van der Waals surface area contributed by atoms with Gasteiger partial charge in [-0.3, -0.25) is 0 Å². The molecule has 0 amide bonds. The first-order valence-corrected chi connectivity index (χ1v) is 9.25. The minimum absolute atomic E-state index is 0.114. The molecule has 0 aromatic heterocycles. The topological polar surface area (TPSA) is 37.4 Å². The highest BCUT2D eigenvalue weighted by Crippen LogP contribution is 2.43. The van der Waals surface area contributed by atoms with Gasteiger partial charge in [0, 0.05) is 13.1 Å². The lowest BCUT2D eigenvalue weighted by Gasteiger charge is -2.45. The van der Waals surface area contributed by atoms with E-state index in [2.05, 4.69) is 34.7 Å². The molecule has 21 heavy (non-hydrogen) atoms. The predicted octanol–water partition coefficient (Wildman–Crippen LogP) is 3.33. The molecule has 1 aliphatic heterocycles. The average molecular weight is 413 g/mol. The van der Waals surface area contributed by atoms with E-state index in [1.807, 2.05) is 37.3 Å². The molecule has 0 aliphatic carbocycles. The average Bonchev–Trinajstić information content (AvgIpc) is 2.45. The monoisotopic (exact) mass is 413 g/mol. The SMILES string of the molecule is Cc1ccc(S(=O)(=O)N2CC(I)(c3ccccc3)C2)cc1. The summed E-state index contributed by atoms with van der Waals surface area (Å²) in [6.07, 6.45) is 0. The van der Waals surface area contributed by atoms with E-state index in [4.69, 9.17) is 0 Å². The lowest BCUT2D eigenvalue weighted by atomic mass is 9.94. The van der Waals surface area contributed by atoms with E-state index in [0.29, 0.717) is 18.0 Å². The Labute approximate surface area is 139 Å². The number of hydrogen-bond acceptors (Lipinski definition) is 2. The van der Waals surface area contributed by atoms with Crippen LogP contribution in [0.4, 0.5) is 0 Å². The van der Waals surface area contributed by atoms with Crippen molar-refractivity contribution in [1.29, 1.82) is 0 Å². The lowest BCUT2D eigenvalue weighted by molar-refractivity contribution is 0.249. The summed E-state index contributed by atoms with van der Waals surface area (Å²) in [6.45, 7) is 2.99. The van der Waals surface area contributed by atoms with Crippen LogP contribution in [0.5, 0.6) is 0 Å². The van der Waals surface area contributed by atoms with Crippen LogP contribution in [0.2, 0.25) is 0 Å². The van der Waals surface area contributed by atoms with Crippen LogP contribution in [0.15, 0.2) is 59.5 Å². The quantitative estimate of drug-likeness (QED) is 0.572. The zero-order valence-corrected chi connectivity index (χ0v) is 14.6. The van der Waals surface area contributed by atoms with Gasteiger partial charge in [0.25, 0.3) is 0 Å². The second-order valence-corrected chi connectivity index (χ2v) is 9.42. The Bertz CT molecular complexity index is 736. The van der Waals surface area contributed by atoms with Crippen molar-refractivity contribution in [1.82, 2.24) is 4.31 Å². The molecule has 0 spiro atoms. The summed E-state index contributed by atoms with van der Waals surface area (Å²) in [5.41, 5.74) is 2.24. The largest absolute Gasteiger partial charge is 0.243 e. The summed E-state index contributed by atoms with van der Waals surface area (Å²) in [7, 11) is -3.37. The fraction of sp³-hybridized carbons (Fsp3) is 0.250. The highest BCUT2D eigenvalue weighted by Gasteiger charge is 2.47. The molecule has 3 rings (SSSR count). The number of sulfonamides is 1. The molecule has 2 aromatic carbocycles. The van der Waals surface area contributed by atoms with Gasteiger partial charge in [-0.2, -0.15) is 4.31 Å². The second-order valence-electron chi connectivity index (χ2n) is 5.42. The van der Waals surface area contributed by atoms with Gasteiger partial charge in [-0.05, 0) is 24.6 Å². The standard InChI is InChI=1S/C16H16INO2S/c1-13-7-9-15(10-8-13)21(19,20)18-11-16(17,12-18)14-5-3-2-4-6-14/h2-10H,11-12H2,1H3. The van der Waals surface area contributed by atoms with E-state index in [0.717, 1.165) is 5.56 Å². The summed E-state index contributed by atoms with van der Waals surface area (Å²) in [5, 5.41) is 0. The zero-order chi connectivity index (χ0) is 15.1. The van der Waals surface area contributed by atoms with Gasteiger partial charge in [0.05, 0.1) is 8.32 Å². The Balaban J connectivity index is 1.81. The van der Waals surface area contributed by atoms with Crippen molar-refractivity contribution < 1.29 is 8.42 Å². The fourth-order valence-electron chi connectivity index (χ4n) is 2.46. The third-order valence-corrected chi connectivity index (χ3v) is 6.91. The number of benzene rings is 2. The maximum Gasteiger partial charge on any atom is 0.243 e. The Morgan fingerprint density at radius 3 is 2.14 bits per heavy atom. The number of alkyl halides is 1. The molecule has 0 saturated carbocycles. The van der Waals surface area contributed by atoms with Gasteiger partial charge in [0.2, 0.25) is 10.0 Å². The van der Waals surface area contributed by atoms with Gasteiger partial charge in [-0.1, -0.05) is 70.6 Å². The number of nitrogens with zero attached hydrogens (tertiary/aromatic N) is 1. The van der Waals surface area contributed by atoms with Crippen molar-refractivity contribution in [2.24, 2.45) is 0 Å². The van der Waals surface area contributed by atoms with Crippen LogP contribution >= 0.6 is 22.6 Å². The molecular weight excluding hydrogens is 397 g/mol. The molecule has 0 N–H and O–H groups in total. The van der Waals surface area contributed by atoms with Gasteiger partial charge in [-0.15, -0.1) is 0 Å². The van der Waals surface area contributed by atoms with Crippen LogP contribution in [-0.2, 0) is 13.4 Å². The normalized spacial score (nSPS) is 18.2. The third kappa shape index (κ3) is 2.74. The van der Waals surface area contributed by atoms with Crippen molar-refractivity contribution in [2.45, 2.75) is 15.2 Å². The van der Waals surface area contributed by atoms with E-state index < -0.39 is 10.0 Å². The molecule has 3 nitrogen and oxygen atoms in total. The summed E-state index contributed by atoms with van der Waals surface area (Å²) >= 11 is 2.37. The molecular formula is C16H16INO2S. The fourth-order valence-corrected chi connectivity index (χ4v) is 5.67. The first-order valence-electron chi connectivity index (χ1n) is 6.73. The van der Waals surface area contributed by atoms with Crippen LogP contribution in [0, 0.1) is 6.92 Å². The van der Waals surface area contributed by atoms with E-state index >= 15 is 0 Å². The van der Waals surface area contributed by atoms with Gasteiger partial charge in [-0.25, -0.2) is 8.42 Å². The van der Waals surface area contributed by atoms with Crippen molar-refractivity contribution in [3.63, 3.8) is 0 Å². The summed E-state index contributed by atoms with van der Waals surface area (Å²) in [5.74, 6) is 0. The maximum atomic E-state index is 12.6. The van der Waals surface area contributed by atoms with Crippen LogP contribution in [0.3, 0.4) is 0 Å². The van der Waals surface area contributed by atoms with Crippen LogP contribution in [0.1, 0.15) is 11.1 Å². The molecule has 110 valence electrons. The Morgan fingerprint density at radius 1 is 1.00 bits per heavy atom. The lowest BCUT2D eigenvalue weighted by Crippen LogP contribution is -2.57. The van der Waals surface area contributed by atoms with E-state index in [1.165, 1.54) is 5.56 Å². The van der Waals surface area contributed by atoms with Crippen LogP contribution in [0.25, 0.3) is 0 Å². The first kappa shape index (κ1) is 15.0. The Hall–Kier alpha value is -0.920. The number of rotatable bonds is 3. The molecule has 0 bridgehead atoms. The van der Waals surface area contributed by atoms with E-state index in [-0.39, 0.29) is 3.42 Å². The number of halogens is 1. The summed E-state index contributed by atoms with van der Waals surface area (Å²) < 4.78 is 26.6. The van der Waals surface area contributed by atoms with Crippen LogP contribution in [-0.4, -0.2) is 25.8 Å². The maximum absolute atomic E-state index is 12.6. The van der Waals surface area contributed by atoms with Gasteiger partial charge in [0.15, 0.2) is 0 Å². The van der Waals surface area contributed by atoms with Crippen molar-refractivity contribution in [3.05, 3.63) is 65.7 Å². The van der Waals surface area contributed by atoms with Gasteiger partial charge < -0.3 is 0 Å². The first-order chi connectivity index (χ1) is 9.92. The smallest absolute Gasteiger partial charge is 0.207 e. The molecule has 1 heterocycles. The summed E-state index contributed by atoms with van der Waals surface area (Å²) in [4.78, 5) is 0.375. The highest BCUT2D eigenvalue weighted by atomic mass is 127. The van der Waals surface area contributed by atoms with E-state index in [9.17, 15) is 8.42 Å². The Morgan fingerprint density at radius 2 is 1.57 bits per heavy atom. The van der Waals surface area contributed by atoms with E-state index in [1.54, 1.807) is 16.4 Å². The highest BCUT2D eigenvalue weighted by molar-refractivity contribution is 14.1. The van der Waals surface area contributed by atoms with Crippen molar-refractivity contribution >= 4 is 32.6 Å². The molecule has 0 unspecified atom stereocenters. The second kappa shape index (κ2) is 5.37. The summed E-state index contributed by atoms with van der Waals surface area (Å²) in [6, 6.07) is 17.1. The minimum Gasteiger partial charge on any atom is -0.207 e. The van der Waals surface area contributed by atoms with Gasteiger partial charge in [0.1, 0.15) is 0 Å². The number of aryl methyl sites for hydroxylation is 1. The number of hydrogen-bond donors (Lipinski definition) is 0. The molecule has 5 heteroatoms. The Kier molecular flexibility index (Phi) is 3.83. The van der Waals surface area contributed by atoms with Crippen molar-refractivity contribution in [2.75, 3.05) is 13.1 Å². The molecule has 0 atom stereocenters. The predicted molar refractivity (Wildman–Crippen MR) is 92.1 cm³/mol. The molecule has 2 aromatic rings. The third-order valence-electron chi connectivity index (χ3n) is 3.80. The molecule has 0 radical (unpaired) electrons. The zero-order valence-electron chi connectivity index (χ0n) is 11.7. The molecule has 1 fully saturated rings. The molecule has 1 saturated heterocycles. The van der Waals surface area contributed by atoms with Crippen LogP contribution < -0.4 is 0 Å².